The van der Waals surface area contributed by atoms with Crippen LogP contribution < -0.4 is 14.4 Å². The van der Waals surface area contributed by atoms with Gasteiger partial charge in [-0.25, -0.2) is 0 Å². The van der Waals surface area contributed by atoms with Gasteiger partial charge in [-0.3, -0.25) is 4.79 Å². The fourth-order valence-electron chi connectivity index (χ4n) is 5.05. The number of anilines is 1. The van der Waals surface area contributed by atoms with E-state index in [4.69, 9.17) is 9.47 Å². The number of aromatic nitrogens is 1. The molecule has 0 saturated carbocycles. The number of hydrogen-bond donors (Lipinski definition) is 1. The van der Waals surface area contributed by atoms with Crippen molar-refractivity contribution < 1.29 is 14.3 Å². The highest BCUT2D eigenvalue weighted by Gasteiger charge is 2.23. The highest BCUT2D eigenvalue weighted by Crippen LogP contribution is 2.33. The lowest BCUT2D eigenvalue weighted by Gasteiger charge is -2.36. The van der Waals surface area contributed by atoms with Gasteiger partial charge in [-0.2, -0.15) is 0 Å². The van der Waals surface area contributed by atoms with Gasteiger partial charge in [0.25, 0.3) is 0 Å². The molecule has 1 aliphatic rings. The number of benzene rings is 3. The smallest absolute Gasteiger partial charge is 0.223 e. The summed E-state index contributed by atoms with van der Waals surface area (Å²) in [6.07, 6.45) is 1.18. The number of carbonyl (C=O) groups is 1. The first kappa shape index (κ1) is 23.8. The van der Waals surface area contributed by atoms with Crippen LogP contribution in [0.15, 0.2) is 72.8 Å². The molecule has 0 atom stereocenters. The Morgan fingerprint density at radius 1 is 0.917 bits per heavy atom. The number of piperazine rings is 1. The Balaban J connectivity index is 1.27. The van der Waals surface area contributed by atoms with Gasteiger partial charge in [0.2, 0.25) is 5.91 Å². The number of nitrogens with one attached hydrogen (secondary N) is 1. The third-order valence-electron chi connectivity index (χ3n) is 6.92. The molecular weight excluding hydrogens is 450 g/mol. The van der Waals surface area contributed by atoms with Gasteiger partial charge in [0.05, 0.1) is 19.4 Å². The van der Waals surface area contributed by atoms with Gasteiger partial charge >= 0.3 is 0 Å². The van der Waals surface area contributed by atoms with Crippen molar-refractivity contribution in [3.8, 4) is 22.8 Å². The van der Waals surface area contributed by atoms with Gasteiger partial charge in [-0.05, 0) is 66.9 Å². The summed E-state index contributed by atoms with van der Waals surface area (Å²) in [5.74, 6) is 1.94. The lowest BCUT2D eigenvalue weighted by Crippen LogP contribution is -2.49. The van der Waals surface area contributed by atoms with Crippen molar-refractivity contribution in [3.05, 3.63) is 78.4 Å². The second-order valence-electron chi connectivity index (χ2n) is 9.02. The Morgan fingerprint density at radius 3 is 2.39 bits per heavy atom. The highest BCUT2D eigenvalue weighted by atomic mass is 16.5. The van der Waals surface area contributed by atoms with E-state index in [1.807, 2.05) is 48.2 Å². The van der Waals surface area contributed by atoms with Crippen molar-refractivity contribution in [3.63, 3.8) is 0 Å². The molecule has 0 unspecified atom stereocenters. The minimum Gasteiger partial charge on any atom is -0.497 e. The number of methoxy groups -OCH3 is 1. The van der Waals surface area contributed by atoms with E-state index in [2.05, 4.69) is 46.3 Å². The maximum absolute atomic E-state index is 13.2. The zero-order valence-corrected chi connectivity index (χ0v) is 21.0. The van der Waals surface area contributed by atoms with Crippen molar-refractivity contribution in [1.29, 1.82) is 0 Å². The van der Waals surface area contributed by atoms with Crippen molar-refractivity contribution in [2.24, 2.45) is 0 Å². The number of aromatic amines is 1. The second-order valence-corrected chi connectivity index (χ2v) is 9.02. The summed E-state index contributed by atoms with van der Waals surface area (Å²) in [4.78, 5) is 21.1. The van der Waals surface area contributed by atoms with Gasteiger partial charge in [-0.15, -0.1) is 0 Å². The zero-order chi connectivity index (χ0) is 24.9. The molecule has 1 fully saturated rings. The molecule has 6 nitrogen and oxygen atoms in total. The number of aryl methyl sites for hydroxylation is 1. The number of ether oxygens (including phenoxy) is 2. The molecule has 186 valence electrons. The Morgan fingerprint density at radius 2 is 1.64 bits per heavy atom. The second kappa shape index (κ2) is 10.8. The first-order chi connectivity index (χ1) is 17.7. The van der Waals surface area contributed by atoms with Crippen molar-refractivity contribution in [2.75, 3.05) is 44.8 Å². The van der Waals surface area contributed by atoms with E-state index in [0.29, 0.717) is 19.4 Å². The van der Waals surface area contributed by atoms with Crippen LogP contribution in [0.5, 0.6) is 11.5 Å². The summed E-state index contributed by atoms with van der Waals surface area (Å²) in [7, 11) is 1.67. The third-order valence-corrected chi connectivity index (χ3v) is 6.92. The first-order valence-electron chi connectivity index (χ1n) is 12.7. The van der Waals surface area contributed by atoms with E-state index in [1.165, 1.54) is 10.9 Å². The topological polar surface area (TPSA) is 57.8 Å². The lowest BCUT2D eigenvalue weighted by molar-refractivity contribution is -0.131. The number of amides is 1. The molecule has 0 bridgehead atoms. The van der Waals surface area contributed by atoms with Gasteiger partial charge in [0.1, 0.15) is 11.5 Å². The normalized spacial score (nSPS) is 13.7. The van der Waals surface area contributed by atoms with E-state index in [-0.39, 0.29) is 5.91 Å². The SMILES string of the molecule is CCOc1ccccc1N1CCN(C(=O)CCc2c(-c3ccc(OC)cc3)[nH]c3ccccc23)CC1. The van der Waals surface area contributed by atoms with Crippen molar-refractivity contribution in [1.82, 2.24) is 9.88 Å². The van der Waals surface area contributed by atoms with Crippen LogP contribution in [-0.4, -0.2) is 55.7 Å². The van der Waals surface area contributed by atoms with E-state index in [9.17, 15) is 4.79 Å². The zero-order valence-electron chi connectivity index (χ0n) is 21.0. The molecule has 1 amide bonds. The van der Waals surface area contributed by atoms with E-state index < -0.39 is 0 Å². The number of para-hydroxylation sites is 3. The summed E-state index contributed by atoms with van der Waals surface area (Å²) < 4.78 is 11.1. The van der Waals surface area contributed by atoms with Crippen LogP contribution in [0.3, 0.4) is 0 Å². The lowest BCUT2D eigenvalue weighted by atomic mass is 10.0. The molecule has 1 saturated heterocycles. The van der Waals surface area contributed by atoms with Crippen LogP contribution in [0.1, 0.15) is 18.9 Å². The van der Waals surface area contributed by atoms with Crippen LogP contribution in [0, 0.1) is 0 Å². The molecule has 3 aromatic carbocycles. The average molecular weight is 484 g/mol. The molecule has 1 N–H and O–H groups in total. The Hall–Kier alpha value is -3.93. The van der Waals surface area contributed by atoms with Crippen molar-refractivity contribution >= 4 is 22.5 Å². The fraction of sp³-hybridized carbons (Fsp3) is 0.300. The number of H-pyrrole nitrogens is 1. The van der Waals surface area contributed by atoms with E-state index in [1.54, 1.807) is 7.11 Å². The monoisotopic (exact) mass is 483 g/mol. The summed E-state index contributed by atoms with van der Waals surface area (Å²) in [5.41, 5.74) is 5.55. The molecule has 36 heavy (non-hydrogen) atoms. The predicted octanol–water partition coefficient (Wildman–Crippen LogP) is 5.52. The molecule has 0 radical (unpaired) electrons. The van der Waals surface area contributed by atoms with Gasteiger partial charge in [-0.1, -0.05) is 30.3 Å². The summed E-state index contributed by atoms with van der Waals surface area (Å²) in [6, 6.07) is 24.5. The average Bonchev–Trinajstić information content (AvgIpc) is 3.31. The van der Waals surface area contributed by atoms with Crippen LogP contribution in [0.2, 0.25) is 0 Å². The van der Waals surface area contributed by atoms with Crippen LogP contribution in [0.25, 0.3) is 22.2 Å². The van der Waals surface area contributed by atoms with Gasteiger partial charge in [0.15, 0.2) is 0 Å². The standard InChI is InChI=1S/C30H33N3O3/c1-3-36-28-11-7-6-10-27(28)32-18-20-33(21-19-32)29(34)17-16-25-24-8-4-5-9-26(24)31-30(25)22-12-14-23(35-2)15-13-22/h4-15,31H,3,16-21H2,1-2H3. The molecule has 1 aromatic heterocycles. The number of nitrogens with zero attached hydrogens (tertiary/aromatic N) is 2. The van der Waals surface area contributed by atoms with Gasteiger partial charge < -0.3 is 24.3 Å². The summed E-state index contributed by atoms with van der Waals surface area (Å²) in [5, 5.41) is 1.17. The highest BCUT2D eigenvalue weighted by molar-refractivity contribution is 5.91. The van der Waals surface area contributed by atoms with E-state index in [0.717, 1.165) is 60.1 Å². The quantitative estimate of drug-likeness (QED) is 0.358. The first-order valence-corrected chi connectivity index (χ1v) is 12.7. The molecule has 4 aromatic rings. The molecular formula is C30H33N3O3. The minimum atomic E-state index is 0.207. The number of hydrogen-bond acceptors (Lipinski definition) is 4. The molecule has 2 heterocycles. The van der Waals surface area contributed by atoms with Crippen molar-refractivity contribution in [2.45, 2.75) is 19.8 Å². The molecule has 0 aliphatic carbocycles. The fourth-order valence-corrected chi connectivity index (χ4v) is 5.05. The molecule has 5 rings (SSSR count). The van der Waals surface area contributed by atoms with Gasteiger partial charge in [0, 0.05) is 49.2 Å². The molecule has 0 spiro atoms. The number of fused-ring (bicyclic) bond motifs is 1. The summed E-state index contributed by atoms with van der Waals surface area (Å²) >= 11 is 0. The number of carbonyl (C=O) groups excluding carboxylic acids is 1. The Kier molecular flexibility index (Phi) is 7.12. The third kappa shape index (κ3) is 4.89. The predicted molar refractivity (Wildman–Crippen MR) is 145 cm³/mol. The van der Waals surface area contributed by atoms with Crippen LogP contribution in [-0.2, 0) is 11.2 Å². The van der Waals surface area contributed by atoms with E-state index >= 15 is 0 Å². The van der Waals surface area contributed by atoms with Crippen LogP contribution in [0.4, 0.5) is 5.69 Å². The van der Waals surface area contributed by atoms with Crippen LogP contribution >= 0.6 is 0 Å². The molecule has 1 aliphatic heterocycles. The maximum Gasteiger partial charge on any atom is 0.223 e. The summed E-state index contributed by atoms with van der Waals surface area (Å²) in [6.45, 7) is 5.69. The maximum atomic E-state index is 13.2. The number of rotatable bonds is 8. The Labute approximate surface area is 212 Å². The largest absolute Gasteiger partial charge is 0.497 e. The Bertz CT molecular complexity index is 1320. The minimum absolute atomic E-state index is 0.207. The molecule has 6 heteroatoms.